The zero-order chi connectivity index (χ0) is 25.3. The fourth-order valence-corrected chi connectivity index (χ4v) is 3.73. The first kappa shape index (κ1) is 27.0. The maximum atomic E-state index is 13.5. The highest BCUT2D eigenvalue weighted by Gasteiger charge is 2.30. The van der Waals surface area contributed by atoms with Crippen molar-refractivity contribution in [3.8, 4) is 17.2 Å². The van der Waals surface area contributed by atoms with Gasteiger partial charge < -0.3 is 24.4 Å². The number of aryl methyl sites for hydroxylation is 1. The van der Waals surface area contributed by atoms with Crippen molar-refractivity contribution >= 4 is 11.8 Å². The van der Waals surface area contributed by atoms with Gasteiger partial charge in [-0.3, -0.25) is 9.59 Å². The van der Waals surface area contributed by atoms with Crippen molar-refractivity contribution in [1.82, 2.24) is 10.2 Å². The molecule has 0 bridgehead atoms. The molecular formula is C27H38N2O5. The van der Waals surface area contributed by atoms with Gasteiger partial charge in [0.15, 0.2) is 11.5 Å². The Morgan fingerprint density at radius 1 is 0.912 bits per heavy atom. The number of carbonyl (C=O) groups excluding carboxylic acids is 2. The average Bonchev–Trinajstić information content (AvgIpc) is 2.81. The third-order valence-electron chi connectivity index (χ3n) is 5.47. The molecule has 0 heterocycles. The van der Waals surface area contributed by atoms with Crippen molar-refractivity contribution in [2.45, 2.75) is 65.1 Å². The Morgan fingerprint density at radius 3 is 2.06 bits per heavy atom. The highest BCUT2D eigenvalue weighted by atomic mass is 16.5. The van der Waals surface area contributed by atoms with Gasteiger partial charge in [-0.1, -0.05) is 25.1 Å². The van der Waals surface area contributed by atoms with Crippen molar-refractivity contribution in [2.24, 2.45) is 0 Å². The summed E-state index contributed by atoms with van der Waals surface area (Å²) in [7, 11) is 4.79. The van der Waals surface area contributed by atoms with Crippen LogP contribution in [0.15, 0.2) is 42.5 Å². The van der Waals surface area contributed by atoms with Crippen LogP contribution in [0.3, 0.4) is 0 Å². The van der Waals surface area contributed by atoms with Crippen LogP contribution >= 0.6 is 0 Å². The van der Waals surface area contributed by atoms with Crippen LogP contribution in [0, 0.1) is 0 Å². The minimum Gasteiger partial charge on any atom is -0.497 e. The smallest absolute Gasteiger partial charge is 0.243 e. The minimum absolute atomic E-state index is 0.0819. The number of nitrogens with one attached hydrogen (secondary N) is 1. The van der Waals surface area contributed by atoms with Crippen molar-refractivity contribution in [1.29, 1.82) is 0 Å². The molecule has 0 aliphatic rings. The standard InChI is InChI=1S/C27H38N2O5/c1-8-22(26(31)28-27(2,3)4)29(18-20-9-13-21(32-5)14-10-20)25(30)16-12-19-11-15-23(33-6)24(17-19)34-7/h9-11,13-15,17,22H,8,12,16,18H2,1-7H3,(H,28,31)/t22-/m0/s1. The second kappa shape index (κ2) is 12.3. The predicted molar refractivity (Wildman–Crippen MR) is 133 cm³/mol. The van der Waals surface area contributed by atoms with E-state index in [1.165, 1.54) is 0 Å². The number of amides is 2. The summed E-state index contributed by atoms with van der Waals surface area (Å²) in [6, 6.07) is 12.6. The number of hydrogen-bond donors (Lipinski definition) is 1. The molecule has 0 saturated heterocycles. The topological polar surface area (TPSA) is 77.1 Å². The molecular weight excluding hydrogens is 432 g/mol. The molecule has 2 rings (SSSR count). The fraction of sp³-hybridized carbons (Fsp3) is 0.481. The summed E-state index contributed by atoms with van der Waals surface area (Å²) in [6.07, 6.45) is 1.31. The molecule has 34 heavy (non-hydrogen) atoms. The highest BCUT2D eigenvalue weighted by molar-refractivity contribution is 5.88. The first-order valence-electron chi connectivity index (χ1n) is 11.6. The van der Waals surface area contributed by atoms with Crippen molar-refractivity contribution in [2.75, 3.05) is 21.3 Å². The van der Waals surface area contributed by atoms with Gasteiger partial charge in [0.05, 0.1) is 21.3 Å². The second-order valence-electron chi connectivity index (χ2n) is 9.22. The normalized spacial score (nSPS) is 12.0. The summed E-state index contributed by atoms with van der Waals surface area (Å²) in [5.74, 6) is 1.78. The quantitative estimate of drug-likeness (QED) is 0.528. The van der Waals surface area contributed by atoms with Crippen LogP contribution < -0.4 is 19.5 Å². The largest absolute Gasteiger partial charge is 0.497 e. The van der Waals surface area contributed by atoms with E-state index in [2.05, 4.69) is 5.32 Å². The third-order valence-corrected chi connectivity index (χ3v) is 5.47. The maximum Gasteiger partial charge on any atom is 0.243 e. The van der Waals surface area contributed by atoms with Crippen LogP contribution in [0.1, 0.15) is 51.7 Å². The van der Waals surface area contributed by atoms with E-state index in [4.69, 9.17) is 14.2 Å². The van der Waals surface area contributed by atoms with Gasteiger partial charge >= 0.3 is 0 Å². The number of benzene rings is 2. The maximum absolute atomic E-state index is 13.5. The Bertz CT molecular complexity index is 950. The van der Waals surface area contributed by atoms with Gasteiger partial charge in [0.1, 0.15) is 11.8 Å². The third kappa shape index (κ3) is 7.68. The molecule has 0 aromatic heterocycles. The average molecular weight is 471 g/mol. The Kier molecular flexibility index (Phi) is 9.78. The SMILES string of the molecule is CC[C@@H](C(=O)NC(C)(C)C)N(Cc1ccc(OC)cc1)C(=O)CCc1ccc(OC)c(OC)c1. The van der Waals surface area contributed by atoms with Gasteiger partial charge in [0.25, 0.3) is 0 Å². The number of hydrogen-bond acceptors (Lipinski definition) is 5. The summed E-state index contributed by atoms with van der Waals surface area (Å²) in [5.41, 5.74) is 1.50. The molecule has 0 saturated carbocycles. The van der Waals surface area contributed by atoms with E-state index in [-0.39, 0.29) is 23.8 Å². The molecule has 0 fully saturated rings. The Labute approximate surface area is 203 Å². The van der Waals surface area contributed by atoms with Crippen LogP contribution in [0.5, 0.6) is 17.2 Å². The second-order valence-corrected chi connectivity index (χ2v) is 9.22. The fourth-order valence-electron chi connectivity index (χ4n) is 3.73. The molecule has 1 atom stereocenters. The van der Waals surface area contributed by atoms with E-state index in [1.54, 1.807) is 26.2 Å². The molecule has 7 nitrogen and oxygen atoms in total. The van der Waals surface area contributed by atoms with Gasteiger partial charge in [-0.15, -0.1) is 0 Å². The number of carbonyl (C=O) groups is 2. The van der Waals surface area contributed by atoms with Crippen LogP contribution in [-0.2, 0) is 22.6 Å². The lowest BCUT2D eigenvalue weighted by Crippen LogP contribution is -2.53. The summed E-state index contributed by atoms with van der Waals surface area (Å²) in [5, 5.41) is 3.03. The van der Waals surface area contributed by atoms with E-state index in [9.17, 15) is 9.59 Å². The van der Waals surface area contributed by atoms with Gasteiger partial charge in [0, 0.05) is 18.5 Å². The first-order chi connectivity index (χ1) is 16.1. The van der Waals surface area contributed by atoms with Crippen LogP contribution in [0.25, 0.3) is 0 Å². The minimum atomic E-state index is -0.570. The first-order valence-corrected chi connectivity index (χ1v) is 11.6. The number of rotatable bonds is 11. The Hall–Kier alpha value is -3.22. The van der Waals surface area contributed by atoms with Gasteiger partial charge in [-0.2, -0.15) is 0 Å². The van der Waals surface area contributed by atoms with Gasteiger partial charge in [0.2, 0.25) is 11.8 Å². The summed E-state index contributed by atoms with van der Waals surface area (Å²) in [6.45, 7) is 8.07. The van der Waals surface area contributed by atoms with Gasteiger partial charge in [-0.05, 0) is 69.0 Å². The molecule has 0 radical (unpaired) electrons. The molecule has 186 valence electrons. The van der Waals surface area contributed by atoms with E-state index < -0.39 is 6.04 Å². The molecule has 2 amide bonds. The molecule has 0 aliphatic carbocycles. The van der Waals surface area contributed by atoms with E-state index in [0.29, 0.717) is 30.9 Å². The van der Waals surface area contributed by atoms with Crippen molar-refractivity contribution < 1.29 is 23.8 Å². The lowest BCUT2D eigenvalue weighted by atomic mass is 10.0. The molecule has 2 aromatic rings. The molecule has 0 spiro atoms. The Morgan fingerprint density at radius 2 is 1.53 bits per heavy atom. The summed E-state index contributed by atoms with van der Waals surface area (Å²) in [4.78, 5) is 28.2. The Balaban J connectivity index is 2.25. The number of ether oxygens (including phenoxy) is 3. The highest BCUT2D eigenvalue weighted by Crippen LogP contribution is 2.28. The molecule has 7 heteroatoms. The number of methoxy groups -OCH3 is 3. The van der Waals surface area contributed by atoms with E-state index in [0.717, 1.165) is 16.9 Å². The monoisotopic (exact) mass is 470 g/mol. The van der Waals surface area contributed by atoms with E-state index in [1.807, 2.05) is 70.2 Å². The van der Waals surface area contributed by atoms with Crippen LogP contribution in [-0.4, -0.2) is 49.6 Å². The lowest BCUT2D eigenvalue weighted by molar-refractivity contribution is -0.142. The molecule has 0 unspecified atom stereocenters. The zero-order valence-corrected chi connectivity index (χ0v) is 21.4. The number of nitrogens with zero attached hydrogens (tertiary/aromatic N) is 1. The van der Waals surface area contributed by atoms with Crippen molar-refractivity contribution in [3.63, 3.8) is 0 Å². The molecule has 0 aliphatic heterocycles. The zero-order valence-electron chi connectivity index (χ0n) is 21.4. The summed E-state index contributed by atoms with van der Waals surface area (Å²) >= 11 is 0. The molecule has 1 N–H and O–H groups in total. The van der Waals surface area contributed by atoms with Crippen LogP contribution in [0.2, 0.25) is 0 Å². The molecule has 2 aromatic carbocycles. The lowest BCUT2D eigenvalue weighted by Gasteiger charge is -2.33. The van der Waals surface area contributed by atoms with Crippen molar-refractivity contribution in [3.05, 3.63) is 53.6 Å². The van der Waals surface area contributed by atoms with E-state index >= 15 is 0 Å². The predicted octanol–water partition coefficient (Wildman–Crippen LogP) is 4.37. The summed E-state index contributed by atoms with van der Waals surface area (Å²) < 4.78 is 15.9. The van der Waals surface area contributed by atoms with Crippen LogP contribution in [0.4, 0.5) is 0 Å². The van der Waals surface area contributed by atoms with Gasteiger partial charge in [-0.25, -0.2) is 0 Å².